The number of sulfonamides is 1. The average Bonchev–Trinajstić information content (AvgIpc) is 3.12. The van der Waals surface area contributed by atoms with Crippen LogP contribution in [-0.2, 0) is 23.0 Å². The SMILES string of the molecule is COc1ccc(CC[n+]2[cH-][n+](NS(=O)(=O)CC(F)(F)F)cc2C2=C[CH-]C(C(C)(C)C)=CC2)cc1. The van der Waals surface area contributed by atoms with Crippen LogP contribution in [0.4, 0.5) is 13.2 Å². The van der Waals surface area contributed by atoms with Gasteiger partial charge in [0.25, 0.3) is 10.0 Å². The molecule has 1 aliphatic rings. The number of benzene rings is 1. The van der Waals surface area contributed by atoms with Crippen molar-refractivity contribution in [2.75, 3.05) is 17.7 Å². The molecule has 10 heteroatoms. The summed E-state index contributed by atoms with van der Waals surface area (Å²) >= 11 is 0. The van der Waals surface area contributed by atoms with E-state index >= 15 is 0 Å². The van der Waals surface area contributed by atoms with Crippen LogP contribution in [0.5, 0.6) is 5.75 Å². The van der Waals surface area contributed by atoms with Crippen molar-refractivity contribution in [1.82, 2.24) is 0 Å². The van der Waals surface area contributed by atoms with Gasteiger partial charge in [0.15, 0.2) is 5.75 Å². The first-order valence-electron chi connectivity index (χ1n) is 10.8. The molecule has 186 valence electrons. The summed E-state index contributed by atoms with van der Waals surface area (Å²) in [6.45, 7) is 6.86. The van der Waals surface area contributed by atoms with Crippen molar-refractivity contribution in [1.29, 1.82) is 0 Å². The monoisotopic (exact) mass is 497 g/mol. The Bertz CT molecular complexity index is 1170. The number of methoxy groups -OCH3 is 1. The number of halogens is 3. The van der Waals surface area contributed by atoms with E-state index in [0.717, 1.165) is 27.3 Å². The molecule has 0 aliphatic heterocycles. The molecule has 0 saturated heterocycles. The van der Waals surface area contributed by atoms with Crippen LogP contribution in [-0.4, -0.2) is 27.5 Å². The lowest BCUT2D eigenvalue weighted by molar-refractivity contribution is -0.771. The summed E-state index contributed by atoms with van der Waals surface area (Å²) in [5.74, 6) is -1.21. The Morgan fingerprint density at radius 2 is 1.82 bits per heavy atom. The summed E-state index contributed by atoms with van der Waals surface area (Å²) in [5, 5.41) is 0. The lowest BCUT2D eigenvalue weighted by Gasteiger charge is -2.32. The Kier molecular flexibility index (Phi) is 7.40. The van der Waals surface area contributed by atoms with Gasteiger partial charge in [-0.2, -0.15) is 37.3 Å². The van der Waals surface area contributed by atoms with Gasteiger partial charge in [-0.25, -0.2) is 8.42 Å². The van der Waals surface area contributed by atoms with Crippen molar-refractivity contribution in [3.8, 4) is 5.75 Å². The number of rotatable bonds is 8. The second-order valence-electron chi connectivity index (χ2n) is 9.27. The van der Waals surface area contributed by atoms with E-state index in [2.05, 4.69) is 26.8 Å². The minimum Gasteiger partial charge on any atom is -0.497 e. The van der Waals surface area contributed by atoms with Gasteiger partial charge >= 0.3 is 12.5 Å². The number of alkyl halides is 3. The zero-order valence-electron chi connectivity index (χ0n) is 19.7. The quantitative estimate of drug-likeness (QED) is 0.448. The van der Waals surface area contributed by atoms with Gasteiger partial charge in [0, 0.05) is 6.42 Å². The highest BCUT2D eigenvalue weighted by molar-refractivity contribution is 7.92. The Morgan fingerprint density at radius 1 is 1.15 bits per heavy atom. The maximum atomic E-state index is 12.7. The highest BCUT2D eigenvalue weighted by atomic mass is 32.2. The maximum Gasteiger partial charge on any atom is 0.404 e. The van der Waals surface area contributed by atoms with E-state index in [1.807, 2.05) is 46.2 Å². The molecule has 1 heterocycles. The van der Waals surface area contributed by atoms with Gasteiger partial charge in [-0.3, -0.25) is 4.57 Å². The first-order valence-corrected chi connectivity index (χ1v) is 12.5. The second kappa shape index (κ2) is 9.77. The molecule has 6 nitrogen and oxygen atoms in total. The average molecular weight is 498 g/mol. The third-order valence-electron chi connectivity index (χ3n) is 5.43. The van der Waals surface area contributed by atoms with E-state index in [1.54, 1.807) is 7.11 Å². The van der Waals surface area contributed by atoms with E-state index in [9.17, 15) is 21.6 Å². The Hall–Kier alpha value is -2.88. The number of nitrogens with one attached hydrogen (secondary N) is 1. The molecule has 1 aliphatic carbocycles. The molecular weight excluding hydrogens is 467 g/mol. The number of ether oxygens (including phenoxy) is 1. The van der Waals surface area contributed by atoms with Crippen molar-refractivity contribution in [3.63, 3.8) is 0 Å². The van der Waals surface area contributed by atoms with Crippen molar-refractivity contribution in [2.24, 2.45) is 5.41 Å². The number of hydrogen-bond acceptors (Lipinski definition) is 3. The van der Waals surface area contributed by atoms with Crippen LogP contribution in [0, 0.1) is 11.8 Å². The van der Waals surface area contributed by atoms with E-state index in [1.165, 1.54) is 18.1 Å². The third kappa shape index (κ3) is 7.06. The second-order valence-corrected chi connectivity index (χ2v) is 11.0. The molecule has 1 aromatic heterocycles. The number of hydrogen-bond donors (Lipinski definition) is 1. The van der Waals surface area contributed by atoms with Gasteiger partial charge in [-0.05, 0) is 23.1 Å². The fourth-order valence-corrected chi connectivity index (χ4v) is 4.61. The predicted octanol–water partition coefficient (Wildman–Crippen LogP) is 3.63. The first kappa shape index (κ1) is 25.7. The molecular formula is C24H30F3N3O3S. The van der Waals surface area contributed by atoms with Crippen LogP contribution in [0.1, 0.15) is 38.4 Å². The summed E-state index contributed by atoms with van der Waals surface area (Å²) in [7, 11) is -3.02. The molecule has 0 spiro atoms. The van der Waals surface area contributed by atoms with Gasteiger partial charge in [0.05, 0.1) is 12.8 Å². The minimum absolute atomic E-state index is 0.00840. The van der Waals surface area contributed by atoms with Gasteiger partial charge in [-0.15, -0.1) is 16.7 Å². The van der Waals surface area contributed by atoms with Crippen LogP contribution in [0.3, 0.4) is 0 Å². The zero-order chi connectivity index (χ0) is 25.1. The number of aryl methyl sites for hydroxylation is 2. The molecule has 0 unspecified atom stereocenters. The van der Waals surface area contributed by atoms with Gasteiger partial charge < -0.3 is 4.74 Å². The molecule has 1 N–H and O–H groups in total. The summed E-state index contributed by atoms with van der Waals surface area (Å²) < 4.78 is 70.1. The van der Waals surface area contributed by atoms with Gasteiger partial charge in [0.2, 0.25) is 0 Å². The van der Waals surface area contributed by atoms with Gasteiger partial charge in [-0.1, -0.05) is 37.7 Å². The topological polar surface area (TPSA) is 63.2 Å². The highest BCUT2D eigenvalue weighted by Crippen LogP contribution is 2.33. The minimum atomic E-state index is -4.83. The number of nitrogens with zero attached hydrogens (tertiary/aromatic N) is 2. The summed E-state index contributed by atoms with van der Waals surface area (Å²) in [6.07, 6.45) is 5.54. The van der Waals surface area contributed by atoms with E-state index in [-0.39, 0.29) is 5.41 Å². The Labute approximate surface area is 198 Å². The lowest BCUT2D eigenvalue weighted by atomic mass is 9.80. The molecule has 0 radical (unpaired) electrons. The molecule has 0 fully saturated rings. The van der Waals surface area contributed by atoms with Crippen molar-refractivity contribution >= 4 is 15.6 Å². The van der Waals surface area contributed by atoms with Crippen LogP contribution in [0.15, 0.2) is 54.5 Å². The fraction of sp³-hybridized carbons (Fsp3) is 0.417. The molecule has 0 atom stereocenters. The van der Waals surface area contributed by atoms with E-state index in [4.69, 9.17) is 4.74 Å². The maximum absolute atomic E-state index is 12.7. The predicted molar refractivity (Wildman–Crippen MR) is 123 cm³/mol. The third-order valence-corrected chi connectivity index (χ3v) is 6.63. The normalized spacial score (nSPS) is 14.8. The zero-order valence-corrected chi connectivity index (χ0v) is 20.5. The van der Waals surface area contributed by atoms with Gasteiger partial charge in [0.1, 0.15) is 18.5 Å². The van der Waals surface area contributed by atoms with Crippen molar-refractivity contribution in [3.05, 3.63) is 72.2 Å². The molecule has 0 amide bonds. The summed E-state index contributed by atoms with van der Waals surface area (Å²) in [6, 6.07) is 7.59. The molecule has 3 rings (SSSR count). The van der Waals surface area contributed by atoms with Crippen molar-refractivity contribution < 1.29 is 35.6 Å². The van der Waals surface area contributed by atoms with Crippen molar-refractivity contribution in [2.45, 2.75) is 46.3 Å². The smallest absolute Gasteiger partial charge is 0.404 e. The largest absolute Gasteiger partial charge is 0.497 e. The number of aromatic nitrogens is 2. The Balaban J connectivity index is 1.85. The van der Waals surface area contributed by atoms with Crippen LogP contribution >= 0.6 is 0 Å². The lowest BCUT2D eigenvalue weighted by Crippen LogP contribution is -2.51. The number of allylic oxidation sites excluding steroid dienone is 4. The molecule has 34 heavy (non-hydrogen) atoms. The Morgan fingerprint density at radius 3 is 2.35 bits per heavy atom. The molecule has 0 saturated carbocycles. The standard InChI is InChI=1S/C24H30F3N3O3S/c1-23(2,3)20-9-7-19(8-10-20)22-15-30(28-34(31,32)16-24(25,26)27)17-29(22)14-13-18-5-11-21(33-4)12-6-18/h5-7,9-12,15,17,28H,8,13-14,16H2,1-4H3. The molecule has 2 aromatic rings. The fourth-order valence-electron chi connectivity index (χ4n) is 3.69. The van der Waals surface area contributed by atoms with E-state index < -0.39 is 22.0 Å². The molecule has 1 aromatic carbocycles. The number of imidazole rings is 1. The van der Waals surface area contributed by atoms with Crippen LogP contribution in [0.25, 0.3) is 5.57 Å². The van der Waals surface area contributed by atoms with Crippen LogP contribution in [0.2, 0.25) is 0 Å². The van der Waals surface area contributed by atoms with E-state index in [0.29, 0.717) is 19.4 Å². The first-order chi connectivity index (χ1) is 15.8. The molecule has 0 bridgehead atoms. The van der Waals surface area contributed by atoms with Crippen LogP contribution < -0.4 is 18.8 Å². The highest BCUT2D eigenvalue weighted by Gasteiger charge is 2.36. The summed E-state index contributed by atoms with van der Waals surface area (Å²) in [5.41, 5.74) is 3.89. The summed E-state index contributed by atoms with van der Waals surface area (Å²) in [4.78, 5) is 2.00.